The van der Waals surface area contributed by atoms with Crippen molar-refractivity contribution in [3.8, 4) is 5.88 Å². The molecule has 0 saturated carbocycles. The van der Waals surface area contributed by atoms with Crippen molar-refractivity contribution in [3.05, 3.63) is 23.4 Å². The van der Waals surface area contributed by atoms with Crippen LogP contribution in [0.2, 0.25) is 0 Å². The summed E-state index contributed by atoms with van der Waals surface area (Å²) in [6.45, 7) is 7.20. The Morgan fingerprint density at radius 3 is 2.62 bits per heavy atom. The molecule has 0 fully saturated rings. The molecular formula is C12H17NO3. The first-order valence-electron chi connectivity index (χ1n) is 5.12. The maximum atomic E-state index is 10.9. The van der Waals surface area contributed by atoms with Crippen molar-refractivity contribution in [2.24, 2.45) is 5.41 Å². The van der Waals surface area contributed by atoms with Crippen LogP contribution >= 0.6 is 0 Å². The molecule has 0 aliphatic carbocycles. The van der Waals surface area contributed by atoms with Crippen molar-refractivity contribution in [1.82, 2.24) is 4.98 Å². The van der Waals surface area contributed by atoms with Gasteiger partial charge in [0.25, 0.3) is 0 Å². The number of carboxylic acid groups (broad SMARTS) is 1. The Balaban J connectivity index is 2.72. The van der Waals surface area contributed by atoms with Gasteiger partial charge in [0.05, 0.1) is 5.41 Å². The molecule has 88 valence electrons. The quantitative estimate of drug-likeness (QED) is 0.850. The summed E-state index contributed by atoms with van der Waals surface area (Å²) < 4.78 is 5.43. The predicted molar refractivity (Wildman–Crippen MR) is 60.6 cm³/mol. The summed E-state index contributed by atoms with van der Waals surface area (Å²) in [5.74, 6) is -0.378. The molecule has 0 aromatic carbocycles. The zero-order valence-electron chi connectivity index (χ0n) is 10.1. The molecule has 0 aliphatic heterocycles. The number of aromatic nitrogens is 1. The van der Waals surface area contributed by atoms with E-state index in [1.807, 2.05) is 19.9 Å². The standard InChI is InChI=1S/C12H17NO3/c1-8-5-9(2)10(13-6-8)16-7-12(3,4)11(14)15/h5-6H,7H2,1-4H3,(H,14,15). The second kappa shape index (κ2) is 4.51. The lowest BCUT2D eigenvalue weighted by Gasteiger charge is -2.19. The molecule has 1 aromatic rings. The molecule has 4 nitrogen and oxygen atoms in total. The van der Waals surface area contributed by atoms with Crippen LogP contribution in [0.4, 0.5) is 0 Å². The van der Waals surface area contributed by atoms with Crippen molar-refractivity contribution in [2.75, 3.05) is 6.61 Å². The van der Waals surface area contributed by atoms with Crippen LogP contribution < -0.4 is 4.74 Å². The molecule has 4 heteroatoms. The third-order valence-corrected chi connectivity index (χ3v) is 2.32. The summed E-state index contributed by atoms with van der Waals surface area (Å²) >= 11 is 0. The Morgan fingerprint density at radius 2 is 2.12 bits per heavy atom. The lowest BCUT2D eigenvalue weighted by atomic mass is 9.95. The Bertz CT molecular complexity index is 399. The Labute approximate surface area is 95.3 Å². The molecule has 0 spiro atoms. The molecule has 0 radical (unpaired) electrons. The first-order valence-corrected chi connectivity index (χ1v) is 5.12. The average Bonchev–Trinajstić information content (AvgIpc) is 2.16. The van der Waals surface area contributed by atoms with E-state index in [2.05, 4.69) is 4.98 Å². The molecule has 1 aromatic heterocycles. The molecule has 0 saturated heterocycles. The summed E-state index contributed by atoms with van der Waals surface area (Å²) in [5, 5.41) is 8.93. The minimum Gasteiger partial charge on any atom is -0.481 e. The first-order chi connectivity index (χ1) is 7.33. The van der Waals surface area contributed by atoms with Crippen LogP contribution in [0, 0.1) is 19.3 Å². The molecule has 1 heterocycles. The van der Waals surface area contributed by atoms with Crippen molar-refractivity contribution in [2.45, 2.75) is 27.7 Å². The van der Waals surface area contributed by atoms with Crippen molar-refractivity contribution >= 4 is 5.97 Å². The van der Waals surface area contributed by atoms with Crippen LogP contribution in [-0.2, 0) is 4.79 Å². The summed E-state index contributed by atoms with van der Waals surface area (Å²) in [6.07, 6.45) is 1.70. The van der Waals surface area contributed by atoms with Gasteiger partial charge in [-0.1, -0.05) is 0 Å². The van der Waals surface area contributed by atoms with E-state index in [4.69, 9.17) is 9.84 Å². The summed E-state index contributed by atoms with van der Waals surface area (Å²) in [7, 11) is 0. The smallest absolute Gasteiger partial charge is 0.312 e. The normalized spacial score (nSPS) is 11.2. The Kier molecular flexibility index (Phi) is 3.52. The minimum atomic E-state index is -0.904. The van der Waals surface area contributed by atoms with Crippen molar-refractivity contribution < 1.29 is 14.6 Å². The number of nitrogens with zero attached hydrogens (tertiary/aromatic N) is 1. The van der Waals surface area contributed by atoms with Gasteiger partial charge in [-0.25, -0.2) is 4.98 Å². The zero-order chi connectivity index (χ0) is 12.3. The molecule has 0 amide bonds. The largest absolute Gasteiger partial charge is 0.481 e. The molecule has 0 aliphatic rings. The van der Waals surface area contributed by atoms with E-state index in [-0.39, 0.29) is 6.61 Å². The molecule has 0 unspecified atom stereocenters. The van der Waals surface area contributed by atoms with E-state index in [9.17, 15) is 4.79 Å². The van der Waals surface area contributed by atoms with Gasteiger partial charge in [-0.3, -0.25) is 4.79 Å². The SMILES string of the molecule is Cc1cnc(OCC(C)(C)C(=O)O)c(C)c1. The highest BCUT2D eigenvalue weighted by molar-refractivity contribution is 5.73. The second-order valence-electron chi connectivity index (χ2n) is 4.61. The van der Waals surface area contributed by atoms with Crippen LogP contribution in [0.1, 0.15) is 25.0 Å². The van der Waals surface area contributed by atoms with Crippen LogP contribution in [0.3, 0.4) is 0 Å². The lowest BCUT2D eigenvalue weighted by Crippen LogP contribution is -2.31. The number of hydrogen-bond acceptors (Lipinski definition) is 3. The fourth-order valence-corrected chi connectivity index (χ4v) is 1.16. The number of ether oxygens (including phenoxy) is 1. The minimum absolute atomic E-state index is 0.110. The van der Waals surface area contributed by atoms with Crippen LogP contribution in [0.15, 0.2) is 12.3 Å². The zero-order valence-corrected chi connectivity index (χ0v) is 10.1. The van der Waals surface area contributed by atoms with Gasteiger partial charge in [0.2, 0.25) is 5.88 Å². The molecule has 1 rings (SSSR count). The van der Waals surface area contributed by atoms with Gasteiger partial charge < -0.3 is 9.84 Å². The number of aliphatic carboxylic acids is 1. The van der Waals surface area contributed by atoms with Crippen LogP contribution in [0.5, 0.6) is 5.88 Å². The number of pyridine rings is 1. The number of aryl methyl sites for hydroxylation is 2. The highest BCUT2D eigenvalue weighted by Crippen LogP contribution is 2.20. The van der Waals surface area contributed by atoms with Gasteiger partial charge in [0.15, 0.2) is 0 Å². The second-order valence-corrected chi connectivity index (χ2v) is 4.61. The van der Waals surface area contributed by atoms with E-state index in [0.29, 0.717) is 5.88 Å². The van der Waals surface area contributed by atoms with E-state index in [0.717, 1.165) is 11.1 Å². The maximum Gasteiger partial charge on any atom is 0.312 e. The number of carboxylic acids is 1. The van der Waals surface area contributed by atoms with Crippen LogP contribution in [-0.4, -0.2) is 22.7 Å². The fourth-order valence-electron chi connectivity index (χ4n) is 1.16. The van der Waals surface area contributed by atoms with Gasteiger partial charge in [0.1, 0.15) is 6.61 Å². The van der Waals surface area contributed by atoms with Gasteiger partial charge in [0, 0.05) is 11.8 Å². The van der Waals surface area contributed by atoms with Crippen molar-refractivity contribution in [1.29, 1.82) is 0 Å². The lowest BCUT2D eigenvalue weighted by molar-refractivity contribution is -0.148. The molecule has 1 N–H and O–H groups in total. The summed E-state index contributed by atoms with van der Waals surface area (Å²) in [5.41, 5.74) is 1.07. The van der Waals surface area contributed by atoms with E-state index < -0.39 is 11.4 Å². The van der Waals surface area contributed by atoms with Gasteiger partial charge in [-0.05, 0) is 39.3 Å². The molecule has 16 heavy (non-hydrogen) atoms. The first kappa shape index (κ1) is 12.5. The van der Waals surface area contributed by atoms with Gasteiger partial charge >= 0.3 is 5.97 Å². The Morgan fingerprint density at radius 1 is 1.50 bits per heavy atom. The average molecular weight is 223 g/mol. The van der Waals surface area contributed by atoms with Gasteiger partial charge in [-0.15, -0.1) is 0 Å². The van der Waals surface area contributed by atoms with Gasteiger partial charge in [-0.2, -0.15) is 0 Å². The predicted octanol–water partition coefficient (Wildman–Crippen LogP) is 2.19. The molecular weight excluding hydrogens is 206 g/mol. The molecule has 0 bridgehead atoms. The maximum absolute atomic E-state index is 10.9. The van der Waals surface area contributed by atoms with Crippen molar-refractivity contribution in [3.63, 3.8) is 0 Å². The number of carbonyl (C=O) groups is 1. The Hall–Kier alpha value is -1.58. The highest BCUT2D eigenvalue weighted by Gasteiger charge is 2.28. The monoisotopic (exact) mass is 223 g/mol. The van der Waals surface area contributed by atoms with Crippen LogP contribution in [0.25, 0.3) is 0 Å². The number of rotatable bonds is 4. The third kappa shape index (κ3) is 2.95. The van der Waals surface area contributed by atoms with E-state index in [1.165, 1.54) is 0 Å². The summed E-state index contributed by atoms with van der Waals surface area (Å²) in [4.78, 5) is 15.0. The van der Waals surface area contributed by atoms with E-state index >= 15 is 0 Å². The molecule has 0 atom stereocenters. The number of hydrogen-bond donors (Lipinski definition) is 1. The highest BCUT2D eigenvalue weighted by atomic mass is 16.5. The van der Waals surface area contributed by atoms with E-state index in [1.54, 1.807) is 20.0 Å². The topological polar surface area (TPSA) is 59.4 Å². The fraction of sp³-hybridized carbons (Fsp3) is 0.500. The summed E-state index contributed by atoms with van der Waals surface area (Å²) in [6, 6.07) is 1.95. The third-order valence-electron chi connectivity index (χ3n) is 2.32.